The number of carboxylic acids is 1. The van der Waals surface area contributed by atoms with E-state index < -0.39 is 17.7 Å². The lowest BCUT2D eigenvalue weighted by molar-refractivity contribution is -0.137. The van der Waals surface area contributed by atoms with Crippen molar-refractivity contribution in [3.8, 4) is 0 Å². The van der Waals surface area contributed by atoms with Crippen LogP contribution >= 0.6 is 15.9 Å². The fraction of sp³-hybridized carbons (Fsp3) is 0.231. The van der Waals surface area contributed by atoms with Gasteiger partial charge >= 0.3 is 12.1 Å². The summed E-state index contributed by atoms with van der Waals surface area (Å²) in [5, 5.41) is 12.0. The van der Waals surface area contributed by atoms with Crippen molar-refractivity contribution in [2.24, 2.45) is 0 Å². The second kappa shape index (κ2) is 9.73. The molecule has 0 saturated carbocycles. The molecule has 1 atom stereocenters. The van der Waals surface area contributed by atoms with Gasteiger partial charge in [0.05, 0.1) is 28.4 Å². The first-order valence-electron chi connectivity index (χ1n) is 10.9. The Morgan fingerprint density at radius 3 is 2.46 bits per heavy atom. The van der Waals surface area contributed by atoms with E-state index in [0.29, 0.717) is 28.7 Å². The van der Waals surface area contributed by atoms with E-state index in [4.69, 9.17) is 5.11 Å². The highest BCUT2D eigenvalue weighted by Crippen LogP contribution is 2.36. The number of nitrogens with one attached hydrogen (secondary N) is 1. The van der Waals surface area contributed by atoms with Crippen molar-refractivity contribution in [3.05, 3.63) is 98.5 Å². The van der Waals surface area contributed by atoms with E-state index in [-0.39, 0.29) is 17.5 Å². The van der Waals surface area contributed by atoms with Gasteiger partial charge in [-0.15, -0.1) is 0 Å². The third-order valence-corrected chi connectivity index (χ3v) is 6.82. The summed E-state index contributed by atoms with van der Waals surface area (Å²) < 4.78 is 39.4. The molecule has 0 radical (unpaired) electrons. The minimum Gasteiger partial charge on any atom is -0.478 e. The predicted octanol–water partition coefficient (Wildman–Crippen LogP) is 6.22. The molecule has 5 nitrogen and oxygen atoms in total. The van der Waals surface area contributed by atoms with Crippen LogP contribution in [0.5, 0.6) is 0 Å². The number of halogens is 4. The van der Waals surface area contributed by atoms with Crippen molar-refractivity contribution < 1.29 is 27.9 Å². The number of aromatic carboxylic acids is 1. The Bertz CT molecular complexity index is 1280. The Balaban J connectivity index is 1.54. The first kappa shape index (κ1) is 24.8. The molecule has 9 heteroatoms. The van der Waals surface area contributed by atoms with E-state index in [1.165, 1.54) is 18.2 Å². The lowest BCUT2D eigenvalue weighted by Crippen LogP contribution is -2.29. The van der Waals surface area contributed by atoms with Crippen LogP contribution in [0.4, 0.5) is 18.9 Å². The van der Waals surface area contributed by atoms with Gasteiger partial charge in [0.2, 0.25) is 0 Å². The molecule has 3 aromatic carbocycles. The maximum atomic E-state index is 13.2. The summed E-state index contributed by atoms with van der Waals surface area (Å²) in [4.78, 5) is 26.3. The van der Waals surface area contributed by atoms with E-state index in [1.54, 1.807) is 18.2 Å². The van der Waals surface area contributed by atoms with Crippen molar-refractivity contribution in [2.45, 2.75) is 32.1 Å². The van der Waals surface area contributed by atoms with Gasteiger partial charge in [0.1, 0.15) is 0 Å². The van der Waals surface area contributed by atoms with Gasteiger partial charge in [0.25, 0.3) is 5.91 Å². The molecule has 0 fully saturated rings. The lowest BCUT2D eigenvalue weighted by Gasteiger charge is -2.24. The van der Waals surface area contributed by atoms with Crippen LogP contribution in [0.15, 0.2) is 65.1 Å². The molecule has 4 rings (SSSR count). The molecule has 0 spiro atoms. The summed E-state index contributed by atoms with van der Waals surface area (Å²) in [6.45, 7) is 2.80. The number of hydrogen-bond donors (Lipinski definition) is 2. The number of carbonyl (C=O) groups is 2. The molecule has 0 saturated heterocycles. The number of hydrogen-bond acceptors (Lipinski definition) is 3. The van der Waals surface area contributed by atoms with Gasteiger partial charge in [-0.3, -0.25) is 4.79 Å². The Labute approximate surface area is 208 Å². The largest absolute Gasteiger partial charge is 0.478 e. The molecule has 0 bridgehead atoms. The number of alkyl halides is 3. The van der Waals surface area contributed by atoms with Gasteiger partial charge in [0.15, 0.2) is 0 Å². The van der Waals surface area contributed by atoms with E-state index in [0.717, 1.165) is 35.4 Å². The molecule has 1 heterocycles. The average molecular weight is 547 g/mol. The zero-order valence-electron chi connectivity index (χ0n) is 18.7. The topological polar surface area (TPSA) is 69.6 Å². The molecule has 0 aliphatic carbocycles. The number of anilines is 1. The summed E-state index contributed by atoms with van der Waals surface area (Å²) in [6, 6.07) is 15.0. The zero-order chi connectivity index (χ0) is 25.3. The number of amides is 1. The zero-order valence-corrected chi connectivity index (χ0v) is 20.3. The van der Waals surface area contributed by atoms with Crippen LogP contribution in [0, 0.1) is 0 Å². The monoisotopic (exact) mass is 546 g/mol. The van der Waals surface area contributed by atoms with E-state index in [9.17, 15) is 22.8 Å². The molecule has 1 aliphatic rings. The van der Waals surface area contributed by atoms with E-state index >= 15 is 0 Å². The summed E-state index contributed by atoms with van der Waals surface area (Å²) in [5.41, 5.74) is 3.15. The second-order valence-electron chi connectivity index (χ2n) is 8.41. The highest BCUT2D eigenvalue weighted by molar-refractivity contribution is 9.10. The number of carbonyl (C=O) groups excluding carboxylic acids is 1. The van der Waals surface area contributed by atoms with Crippen molar-refractivity contribution in [1.82, 2.24) is 5.32 Å². The van der Waals surface area contributed by atoms with Crippen LogP contribution < -0.4 is 10.2 Å². The fourth-order valence-electron chi connectivity index (χ4n) is 4.20. The normalized spacial score (nSPS) is 13.9. The van der Waals surface area contributed by atoms with Crippen LogP contribution in [0.1, 0.15) is 55.9 Å². The molecule has 3 aromatic rings. The van der Waals surface area contributed by atoms with E-state index in [2.05, 4.69) is 21.2 Å². The predicted molar refractivity (Wildman–Crippen MR) is 130 cm³/mol. The molecule has 2 N–H and O–H groups in total. The van der Waals surface area contributed by atoms with Crippen molar-refractivity contribution in [1.29, 1.82) is 0 Å². The van der Waals surface area contributed by atoms with Gasteiger partial charge in [-0.1, -0.05) is 46.3 Å². The molecular formula is C26H22BrF3N2O3. The van der Waals surface area contributed by atoms with Gasteiger partial charge in [-0.2, -0.15) is 13.2 Å². The molecule has 1 aliphatic heterocycles. The van der Waals surface area contributed by atoms with Gasteiger partial charge in [0, 0.05) is 17.6 Å². The molecule has 182 valence electrons. The Kier molecular flexibility index (Phi) is 6.89. The fourth-order valence-corrected chi connectivity index (χ4v) is 4.71. The summed E-state index contributed by atoms with van der Waals surface area (Å²) in [6.07, 6.45) is -3.70. The van der Waals surface area contributed by atoms with Gasteiger partial charge in [-0.25, -0.2) is 4.79 Å². The number of para-hydroxylation sites is 1. The second-order valence-corrected chi connectivity index (χ2v) is 9.27. The van der Waals surface area contributed by atoms with E-state index in [1.807, 2.05) is 24.0 Å². The highest BCUT2D eigenvalue weighted by Gasteiger charge is 2.31. The third kappa shape index (κ3) is 5.35. The Morgan fingerprint density at radius 2 is 1.83 bits per heavy atom. The number of carboxylic acid groups (broad SMARTS) is 1. The lowest BCUT2D eigenvalue weighted by atomic mass is 10.0. The highest BCUT2D eigenvalue weighted by atomic mass is 79.9. The van der Waals surface area contributed by atoms with Gasteiger partial charge in [-0.05, 0) is 60.4 Å². The SMILES string of the molecule is CC(NC(=O)c1cccc2c1N(Cc1ccc(C(F)(F)F)cc1Br)CC2)c1ccc(C(=O)O)cc1. The standard InChI is InChI=1S/C26H22BrF3N2O3/c1-15(16-5-7-18(8-6-16)25(34)35)31-24(33)21-4-2-3-17-11-12-32(23(17)21)14-19-9-10-20(13-22(19)27)26(28,29)30/h2-10,13,15H,11-12,14H2,1H3,(H,31,33)(H,34,35). The third-order valence-electron chi connectivity index (χ3n) is 6.08. The molecule has 35 heavy (non-hydrogen) atoms. The molecule has 0 aromatic heterocycles. The number of fused-ring (bicyclic) bond motifs is 1. The van der Waals surface area contributed by atoms with Crippen LogP contribution in [0.3, 0.4) is 0 Å². The molecule has 1 unspecified atom stereocenters. The van der Waals surface area contributed by atoms with Crippen LogP contribution in [0.25, 0.3) is 0 Å². The first-order chi connectivity index (χ1) is 16.5. The summed E-state index contributed by atoms with van der Waals surface area (Å²) in [5.74, 6) is -1.30. The summed E-state index contributed by atoms with van der Waals surface area (Å²) >= 11 is 3.26. The van der Waals surface area contributed by atoms with Crippen LogP contribution in [-0.2, 0) is 19.1 Å². The van der Waals surface area contributed by atoms with Crippen LogP contribution in [0.2, 0.25) is 0 Å². The maximum Gasteiger partial charge on any atom is 0.416 e. The number of benzene rings is 3. The van der Waals surface area contributed by atoms with Crippen LogP contribution in [-0.4, -0.2) is 23.5 Å². The average Bonchev–Trinajstić information content (AvgIpc) is 3.22. The van der Waals surface area contributed by atoms with Crippen molar-refractivity contribution in [2.75, 3.05) is 11.4 Å². The minimum absolute atomic E-state index is 0.165. The minimum atomic E-state index is -4.42. The Hall–Kier alpha value is -3.33. The quantitative estimate of drug-likeness (QED) is 0.385. The summed E-state index contributed by atoms with van der Waals surface area (Å²) in [7, 11) is 0. The molecular weight excluding hydrogens is 525 g/mol. The first-order valence-corrected chi connectivity index (χ1v) is 11.7. The maximum absolute atomic E-state index is 13.2. The number of rotatable bonds is 6. The van der Waals surface area contributed by atoms with Gasteiger partial charge < -0.3 is 15.3 Å². The Morgan fingerprint density at radius 1 is 1.11 bits per heavy atom. The number of nitrogens with zero attached hydrogens (tertiary/aromatic N) is 1. The molecule has 1 amide bonds. The smallest absolute Gasteiger partial charge is 0.416 e. The van der Waals surface area contributed by atoms with Crippen molar-refractivity contribution in [3.63, 3.8) is 0 Å². The van der Waals surface area contributed by atoms with Crippen molar-refractivity contribution >= 4 is 33.5 Å².